The minimum atomic E-state index is -0.477. The van der Waals surface area contributed by atoms with Gasteiger partial charge in [0.2, 0.25) is 0 Å². The maximum atomic E-state index is 11.9. The first kappa shape index (κ1) is 19.0. The molecule has 0 aliphatic carbocycles. The van der Waals surface area contributed by atoms with Gasteiger partial charge >= 0.3 is 0 Å². The standard InChI is InChI=1S/C16H13Cl2N3O3S/c17-11-4-6-13(7-5-11)24-9-14(22)20-21-16(25)19-15(23)10-2-1-3-12(18)8-10/h1-8H,9H2,(H,20,22)(H2,19,21,23,25). The van der Waals surface area contributed by atoms with Gasteiger partial charge in [0.1, 0.15) is 5.75 Å². The molecule has 2 aromatic rings. The number of carbonyl (C=O) groups excluding carboxylic acids is 2. The lowest BCUT2D eigenvalue weighted by Gasteiger charge is -2.11. The van der Waals surface area contributed by atoms with Crippen LogP contribution in [0.3, 0.4) is 0 Å². The van der Waals surface area contributed by atoms with Gasteiger partial charge in [-0.15, -0.1) is 0 Å². The molecule has 2 aromatic carbocycles. The highest BCUT2D eigenvalue weighted by Gasteiger charge is 2.09. The Balaban J connectivity index is 1.72. The van der Waals surface area contributed by atoms with Crippen molar-refractivity contribution >= 4 is 52.3 Å². The smallest absolute Gasteiger partial charge is 0.276 e. The van der Waals surface area contributed by atoms with E-state index in [0.717, 1.165) is 0 Å². The molecule has 2 rings (SSSR count). The summed E-state index contributed by atoms with van der Waals surface area (Å²) in [5.74, 6) is -0.433. The second-order valence-corrected chi connectivity index (χ2v) is 5.99. The molecule has 0 bridgehead atoms. The summed E-state index contributed by atoms with van der Waals surface area (Å²) >= 11 is 16.5. The maximum absolute atomic E-state index is 11.9. The highest BCUT2D eigenvalue weighted by molar-refractivity contribution is 7.80. The lowest BCUT2D eigenvalue weighted by molar-refractivity contribution is -0.123. The molecular formula is C16H13Cl2N3O3S. The monoisotopic (exact) mass is 397 g/mol. The number of nitrogens with one attached hydrogen (secondary N) is 3. The van der Waals surface area contributed by atoms with Gasteiger partial charge in [-0.25, -0.2) is 0 Å². The first-order valence-corrected chi connectivity index (χ1v) is 8.14. The van der Waals surface area contributed by atoms with Crippen molar-refractivity contribution in [1.82, 2.24) is 16.2 Å². The molecule has 130 valence electrons. The highest BCUT2D eigenvalue weighted by Crippen LogP contribution is 2.15. The molecule has 0 atom stereocenters. The van der Waals surface area contributed by atoms with Crippen molar-refractivity contribution in [3.8, 4) is 5.75 Å². The summed E-state index contributed by atoms with van der Waals surface area (Å²) in [5.41, 5.74) is 5.06. The molecule has 25 heavy (non-hydrogen) atoms. The van der Waals surface area contributed by atoms with E-state index in [1.54, 1.807) is 42.5 Å². The molecule has 9 heteroatoms. The summed E-state index contributed by atoms with van der Waals surface area (Å²) in [4.78, 5) is 23.6. The number of amides is 2. The number of benzene rings is 2. The van der Waals surface area contributed by atoms with E-state index in [1.807, 2.05) is 0 Å². The Morgan fingerprint density at radius 3 is 2.40 bits per heavy atom. The second-order valence-electron chi connectivity index (χ2n) is 4.71. The average Bonchev–Trinajstić information content (AvgIpc) is 2.59. The van der Waals surface area contributed by atoms with E-state index in [1.165, 1.54) is 6.07 Å². The van der Waals surface area contributed by atoms with Gasteiger partial charge in [-0.05, 0) is 54.7 Å². The van der Waals surface area contributed by atoms with Crippen molar-refractivity contribution in [2.75, 3.05) is 6.61 Å². The molecule has 0 aliphatic rings. The van der Waals surface area contributed by atoms with E-state index < -0.39 is 11.8 Å². The molecule has 6 nitrogen and oxygen atoms in total. The highest BCUT2D eigenvalue weighted by atomic mass is 35.5. The van der Waals surface area contributed by atoms with Gasteiger partial charge in [0.25, 0.3) is 11.8 Å². The van der Waals surface area contributed by atoms with Gasteiger partial charge in [-0.1, -0.05) is 29.3 Å². The van der Waals surface area contributed by atoms with Crippen LogP contribution in [-0.4, -0.2) is 23.5 Å². The molecule has 0 saturated carbocycles. The van der Waals surface area contributed by atoms with Gasteiger partial charge in [0.15, 0.2) is 11.7 Å². The molecule has 0 aliphatic heterocycles. The van der Waals surface area contributed by atoms with Gasteiger partial charge < -0.3 is 4.74 Å². The predicted octanol–water partition coefficient (Wildman–Crippen LogP) is 2.71. The minimum Gasteiger partial charge on any atom is -0.484 e. The number of halogens is 2. The zero-order valence-electron chi connectivity index (χ0n) is 12.7. The second kappa shape index (κ2) is 9.22. The Morgan fingerprint density at radius 1 is 1.00 bits per heavy atom. The number of ether oxygens (including phenoxy) is 1. The number of hydrazine groups is 1. The number of rotatable bonds is 4. The molecule has 0 aromatic heterocycles. The fraction of sp³-hybridized carbons (Fsp3) is 0.0625. The van der Waals surface area contributed by atoms with Crippen LogP contribution in [-0.2, 0) is 4.79 Å². The first-order chi connectivity index (χ1) is 11.9. The van der Waals surface area contributed by atoms with E-state index in [9.17, 15) is 9.59 Å². The van der Waals surface area contributed by atoms with Crippen molar-refractivity contribution in [3.05, 3.63) is 64.1 Å². The zero-order chi connectivity index (χ0) is 18.2. The Bertz CT molecular complexity index is 784. The van der Waals surface area contributed by atoms with E-state index in [4.69, 9.17) is 40.2 Å². The van der Waals surface area contributed by atoms with Crippen molar-refractivity contribution in [3.63, 3.8) is 0 Å². The summed E-state index contributed by atoms with van der Waals surface area (Å²) < 4.78 is 5.26. The van der Waals surface area contributed by atoms with Crippen LogP contribution in [0.5, 0.6) is 5.75 Å². The average molecular weight is 398 g/mol. The molecule has 0 heterocycles. The van der Waals surface area contributed by atoms with Crippen LogP contribution >= 0.6 is 35.4 Å². The van der Waals surface area contributed by atoms with Crippen LogP contribution in [0.2, 0.25) is 10.0 Å². The number of thiocarbonyl (C=S) groups is 1. The first-order valence-electron chi connectivity index (χ1n) is 6.98. The Labute approximate surface area is 159 Å². The van der Waals surface area contributed by atoms with Gasteiger partial charge in [-0.3, -0.25) is 25.8 Å². The zero-order valence-corrected chi connectivity index (χ0v) is 15.0. The molecule has 0 fully saturated rings. The van der Waals surface area contributed by atoms with Crippen LogP contribution in [0.25, 0.3) is 0 Å². The molecule has 0 spiro atoms. The quantitative estimate of drug-likeness (QED) is 0.545. The van der Waals surface area contributed by atoms with Gasteiger partial charge in [0.05, 0.1) is 0 Å². The summed E-state index contributed by atoms with van der Waals surface area (Å²) in [5, 5.41) is 3.34. The van der Waals surface area contributed by atoms with E-state index in [2.05, 4.69) is 16.2 Å². The third-order valence-corrected chi connectivity index (χ3v) is 3.50. The van der Waals surface area contributed by atoms with Gasteiger partial charge in [0, 0.05) is 15.6 Å². The molecular weight excluding hydrogens is 385 g/mol. The van der Waals surface area contributed by atoms with E-state index in [0.29, 0.717) is 21.4 Å². The lowest BCUT2D eigenvalue weighted by atomic mass is 10.2. The molecule has 2 amide bonds. The fourth-order valence-electron chi connectivity index (χ4n) is 1.68. The topological polar surface area (TPSA) is 79.5 Å². The molecule has 3 N–H and O–H groups in total. The fourth-order valence-corrected chi connectivity index (χ4v) is 2.14. The number of hydrogen-bond donors (Lipinski definition) is 3. The molecule has 0 radical (unpaired) electrons. The minimum absolute atomic E-state index is 0.0650. The molecule has 0 saturated heterocycles. The third-order valence-electron chi connectivity index (χ3n) is 2.81. The summed E-state index contributed by atoms with van der Waals surface area (Å²) in [7, 11) is 0. The van der Waals surface area contributed by atoms with Crippen molar-refractivity contribution < 1.29 is 14.3 Å². The van der Waals surface area contributed by atoms with Crippen LogP contribution in [0.15, 0.2) is 48.5 Å². The molecule has 0 unspecified atom stereocenters. The predicted molar refractivity (Wildman–Crippen MR) is 99.7 cm³/mol. The van der Waals surface area contributed by atoms with E-state index >= 15 is 0 Å². The van der Waals surface area contributed by atoms with Crippen LogP contribution in [0.4, 0.5) is 0 Å². The largest absolute Gasteiger partial charge is 0.484 e. The normalized spacial score (nSPS) is 9.84. The Hall–Kier alpha value is -2.35. The van der Waals surface area contributed by atoms with Crippen molar-refractivity contribution in [2.45, 2.75) is 0 Å². The third kappa shape index (κ3) is 6.58. The van der Waals surface area contributed by atoms with Crippen molar-refractivity contribution in [1.29, 1.82) is 0 Å². The van der Waals surface area contributed by atoms with Crippen molar-refractivity contribution in [2.24, 2.45) is 0 Å². The number of carbonyl (C=O) groups is 2. The maximum Gasteiger partial charge on any atom is 0.276 e. The summed E-state index contributed by atoms with van der Waals surface area (Å²) in [6.07, 6.45) is 0. The van der Waals surface area contributed by atoms with Gasteiger partial charge in [-0.2, -0.15) is 0 Å². The Kier molecular flexibility index (Phi) is 7.00. The van der Waals surface area contributed by atoms with Crippen LogP contribution < -0.4 is 20.9 Å². The Morgan fingerprint density at radius 2 is 1.72 bits per heavy atom. The van der Waals surface area contributed by atoms with Crippen LogP contribution in [0, 0.1) is 0 Å². The lowest BCUT2D eigenvalue weighted by Crippen LogP contribution is -2.49. The van der Waals surface area contributed by atoms with E-state index in [-0.39, 0.29) is 11.7 Å². The summed E-state index contributed by atoms with van der Waals surface area (Å²) in [6.45, 7) is -0.237. The number of hydrogen-bond acceptors (Lipinski definition) is 4. The summed E-state index contributed by atoms with van der Waals surface area (Å²) in [6, 6.07) is 12.9. The van der Waals surface area contributed by atoms with Crippen LogP contribution in [0.1, 0.15) is 10.4 Å². The SMILES string of the molecule is O=C(COc1ccc(Cl)cc1)NNC(=S)NC(=O)c1cccc(Cl)c1.